The molecular weight excluding hydrogens is 246 g/mol. The van der Waals surface area contributed by atoms with E-state index < -0.39 is 5.97 Å². The molecule has 0 atom stereocenters. The summed E-state index contributed by atoms with van der Waals surface area (Å²) in [5.74, 6) is 0.285. The molecule has 2 rings (SSSR count). The number of methoxy groups -OCH3 is 2. The van der Waals surface area contributed by atoms with Crippen molar-refractivity contribution in [3.05, 3.63) is 42.2 Å². The van der Waals surface area contributed by atoms with Gasteiger partial charge in [-0.15, -0.1) is 0 Å². The molecule has 5 heteroatoms. The van der Waals surface area contributed by atoms with E-state index in [0.29, 0.717) is 11.5 Å². The monoisotopic (exact) mass is 259 g/mol. The zero-order valence-corrected chi connectivity index (χ0v) is 10.6. The SMILES string of the molecule is COc1ccc(-c2ccc(C(=O)O)nc2)c(OC)c1. The number of hydrogen-bond acceptors (Lipinski definition) is 4. The summed E-state index contributed by atoms with van der Waals surface area (Å²) >= 11 is 0. The molecule has 0 aliphatic carbocycles. The van der Waals surface area contributed by atoms with Gasteiger partial charge in [0.2, 0.25) is 0 Å². The van der Waals surface area contributed by atoms with Crippen LogP contribution in [0.4, 0.5) is 0 Å². The number of aromatic nitrogens is 1. The van der Waals surface area contributed by atoms with Crippen LogP contribution in [0.2, 0.25) is 0 Å². The van der Waals surface area contributed by atoms with Crippen LogP contribution in [-0.2, 0) is 0 Å². The number of hydrogen-bond donors (Lipinski definition) is 1. The molecule has 0 amide bonds. The summed E-state index contributed by atoms with van der Waals surface area (Å²) < 4.78 is 10.4. The van der Waals surface area contributed by atoms with Crippen molar-refractivity contribution in [2.45, 2.75) is 0 Å². The van der Waals surface area contributed by atoms with Gasteiger partial charge in [-0.2, -0.15) is 0 Å². The summed E-state index contributed by atoms with van der Waals surface area (Å²) in [4.78, 5) is 14.6. The van der Waals surface area contributed by atoms with Crippen molar-refractivity contribution < 1.29 is 19.4 Å². The minimum absolute atomic E-state index is 0.0104. The minimum Gasteiger partial charge on any atom is -0.497 e. The molecule has 5 nitrogen and oxygen atoms in total. The fraction of sp³-hybridized carbons (Fsp3) is 0.143. The molecule has 19 heavy (non-hydrogen) atoms. The Morgan fingerprint density at radius 3 is 2.47 bits per heavy atom. The lowest BCUT2D eigenvalue weighted by molar-refractivity contribution is 0.0690. The van der Waals surface area contributed by atoms with Gasteiger partial charge in [0.25, 0.3) is 0 Å². The van der Waals surface area contributed by atoms with E-state index in [4.69, 9.17) is 14.6 Å². The summed E-state index contributed by atoms with van der Waals surface area (Å²) in [6.45, 7) is 0. The van der Waals surface area contributed by atoms with E-state index in [1.54, 1.807) is 26.4 Å². The molecule has 0 radical (unpaired) electrons. The molecule has 0 spiro atoms. The molecule has 1 aromatic carbocycles. The second-order valence-corrected chi connectivity index (χ2v) is 3.80. The van der Waals surface area contributed by atoms with Gasteiger partial charge in [0.1, 0.15) is 17.2 Å². The Hall–Kier alpha value is -2.56. The lowest BCUT2D eigenvalue weighted by Crippen LogP contribution is -1.99. The number of carboxylic acid groups (broad SMARTS) is 1. The maximum absolute atomic E-state index is 10.8. The number of pyridine rings is 1. The number of nitrogens with zero attached hydrogens (tertiary/aromatic N) is 1. The summed E-state index contributed by atoms with van der Waals surface area (Å²) in [6.07, 6.45) is 1.51. The molecule has 0 unspecified atom stereocenters. The highest BCUT2D eigenvalue weighted by molar-refractivity contribution is 5.86. The first-order valence-electron chi connectivity index (χ1n) is 5.57. The summed E-state index contributed by atoms with van der Waals surface area (Å²) in [6, 6.07) is 8.57. The maximum atomic E-state index is 10.8. The second kappa shape index (κ2) is 5.39. The highest BCUT2D eigenvalue weighted by atomic mass is 16.5. The van der Waals surface area contributed by atoms with Gasteiger partial charge < -0.3 is 14.6 Å². The smallest absolute Gasteiger partial charge is 0.354 e. The van der Waals surface area contributed by atoms with Crippen LogP contribution in [0.15, 0.2) is 36.5 Å². The minimum atomic E-state index is -1.05. The number of ether oxygens (including phenoxy) is 2. The van der Waals surface area contributed by atoms with Crippen LogP contribution in [-0.4, -0.2) is 30.3 Å². The zero-order chi connectivity index (χ0) is 13.8. The molecule has 0 fully saturated rings. The number of aromatic carboxylic acids is 1. The Bertz CT molecular complexity index is 593. The van der Waals surface area contributed by atoms with Gasteiger partial charge in [0, 0.05) is 23.4 Å². The molecule has 98 valence electrons. The average molecular weight is 259 g/mol. The third kappa shape index (κ3) is 2.65. The lowest BCUT2D eigenvalue weighted by atomic mass is 10.1. The Morgan fingerprint density at radius 2 is 1.95 bits per heavy atom. The quantitative estimate of drug-likeness (QED) is 0.913. The third-order valence-electron chi connectivity index (χ3n) is 2.70. The van der Waals surface area contributed by atoms with Crippen LogP contribution in [0, 0.1) is 0 Å². The van der Waals surface area contributed by atoms with Gasteiger partial charge in [-0.25, -0.2) is 9.78 Å². The standard InChI is InChI=1S/C14H13NO4/c1-18-10-4-5-11(13(7-10)19-2)9-3-6-12(14(16)17)15-8-9/h3-8H,1-2H3,(H,16,17). The molecule has 1 heterocycles. The third-order valence-corrected chi connectivity index (χ3v) is 2.70. The Balaban J connectivity index is 2.43. The van der Waals surface area contributed by atoms with Gasteiger partial charge in [0.05, 0.1) is 14.2 Å². The first-order chi connectivity index (χ1) is 9.15. The normalized spacial score (nSPS) is 10.0. The molecule has 2 aromatic rings. The van der Waals surface area contributed by atoms with E-state index in [1.807, 2.05) is 12.1 Å². The molecule has 1 N–H and O–H groups in total. The van der Waals surface area contributed by atoms with Crippen molar-refractivity contribution in [2.75, 3.05) is 14.2 Å². The van der Waals surface area contributed by atoms with Crippen LogP contribution in [0.5, 0.6) is 11.5 Å². The van der Waals surface area contributed by atoms with Crippen LogP contribution < -0.4 is 9.47 Å². The molecule has 0 aliphatic rings. The molecule has 0 saturated heterocycles. The predicted octanol–water partition coefficient (Wildman–Crippen LogP) is 2.46. The largest absolute Gasteiger partial charge is 0.497 e. The van der Waals surface area contributed by atoms with Crippen LogP contribution in [0.3, 0.4) is 0 Å². The Labute approximate surface area is 110 Å². The van der Waals surface area contributed by atoms with Gasteiger partial charge in [-0.1, -0.05) is 6.07 Å². The second-order valence-electron chi connectivity index (χ2n) is 3.80. The highest BCUT2D eigenvalue weighted by Crippen LogP contribution is 2.32. The first-order valence-corrected chi connectivity index (χ1v) is 5.57. The van der Waals surface area contributed by atoms with E-state index in [2.05, 4.69) is 4.98 Å². The molecule has 1 aromatic heterocycles. The highest BCUT2D eigenvalue weighted by Gasteiger charge is 2.09. The van der Waals surface area contributed by atoms with Crippen molar-refractivity contribution >= 4 is 5.97 Å². The number of carbonyl (C=O) groups is 1. The fourth-order valence-corrected chi connectivity index (χ4v) is 1.72. The van der Waals surface area contributed by atoms with E-state index in [9.17, 15) is 4.79 Å². The van der Waals surface area contributed by atoms with E-state index in [0.717, 1.165) is 11.1 Å². The van der Waals surface area contributed by atoms with Gasteiger partial charge in [-0.3, -0.25) is 0 Å². The number of carboxylic acids is 1. The van der Waals surface area contributed by atoms with E-state index in [1.165, 1.54) is 12.3 Å². The van der Waals surface area contributed by atoms with Gasteiger partial charge >= 0.3 is 5.97 Å². The van der Waals surface area contributed by atoms with Crippen LogP contribution in [0.1, 0.15) is 10.5 Å². The first kappa shape index (κ1) is 12.9. The van der Waals surface area contributed by atoms with Crippen molar-refractivity contribution in [3.8, 4) is 22.6 Å². The lowest BCUT2D eigenvalue weighted by Gasteiger charge is -2.10. The van der Waals surface area contributed by atoms with Gasteiger partial charge in [0.15, 0.2) is 0 Å². The molecule has 0 saturated carbocycles. The van der Waals surface area contributed by atoms with Gasteiger partial charge in [-0.05, 0) is 18.2 Å². The molecule has 0 bridgehead atoms. The summed E-state index contributed by atoms with van der Waals surface area (Å²) in [5, 5.41) is 8.81. The van der Waals surface area contributed by atoms with Crippen LogP contribution in [0.25, 0.3) is 11.1 Å². The summed E-state index contributed by atoms with van der Waals surface area (Å²) in [5.41, 5.74) is 1.62. The van der Waals surface area contributed by atoms with Crippen molar-refractivity contribution in [1.29, 1.82) is 0 Å². The molecular formula is C14H13NO4. The van der Waals surface area contributed by atoms with Crippen molar-refractivity contribution in [2.24, 2.45) is 0 Å². The average Bonchev–Trinajstić information content (AvgIpc) is 2.46. The van der Waals surface area contributed by atoms with E-state index in [-0.39, 0.29) is 5.69 Å². The zero-order valence-electron chi connectivity index (χ0n) is 10.6. The predicted molar refractivity (Wildman–Crippen MR) is 69.7 cm³/mol. The topological polar surface area (TPSA) is 68.7 Å². The number of benzene rings is 1. The maximum Gasteiger partial charge on any atom is 0.354 e. The molecule has 0 aliphatic heterocycles. The van der Waals surface area contributed by atoms with Crippen LogP contribution >= 0.6 is 0 Å². The van der Waals surface area contributed by atoms with Crippen molar-refractivity contribution in [3.63, 3.8) is 0 Å². The summed E-state index contributed by atoms with van der Waals surface area (Å²) in [7, 11) is 3.15. The Morgan fingerprint density at radius 1 is 1.16 bits per heavy atom. The van der Waals surface area contributed by atoms with E-state index >= 15 is 0 Å². The fourth-order valence-electron chi connectivity index (χ4n) is 1.72. The van der Waals surface area contributed by atoms with Crippen molar-refractivity contribution in [1.82, 2.24) is 4.98 Å². The Kier molecular flexibility index (Phi) is 3.66. The number of rotatable bonds is 4.